The molecule has 0 radical (unpaired) electrons. The topological polar surface area (TPSA) is 129 Å². The summed E-state index contributed by atoms with van der Waals surface area (Å²) in [6, 6.07) is 11.0. The molecule has 3 aromatic rings. The number of tetrazole rings is 1. The Morgan fingerprint density at radius 3 is 2.51 bits per heavy atom. The number of nitrogens with one attached hydrogen (secondary N) is 2. The van der Waals surface area contributed by atoms with Gasteiger partial charge in [0.1, 0.15) is 5.82 Å². The van der Waals surface area contributed by atoms with E-state index in [0.717, 1.165) is 32.5 Å². The van der Waals surface area contributed by atoms with Crippen LogP contribution in [0.15, 0.2) is 47.8 Å². The molecule has 0 spiro atoms. The number of piperidine rings is 2. The van der Waals surface area contributed by atoms with E-state index in [-0.39, 0.29) is 5.91 Å². The normalized spacial score (nSPS) is 17.5. The maximum Gasteiger partial charge on any atom is 0.415 e. The number of ether oxygens (including phenoxy) is 1. The van der Waals surface area contributed by atoms with Gasteiger partial charge in [-0.3, -0.25) is 9.69 Å². The standard InChI is InChI=1S/C27H34N8O3S/c1-19(39-26-30-32-33-31-26)21-11-15-35(16-12-21)27(37)38-23-9-10-24(28-17-23)29-25(36)22-7-5-20(6-8-22)18-34-13-3-2-4-14-34/h5-10,17,19,21H,2-4,11-16,18H2,1H3,(H,28,29,36)(H,30,31,32,33). The monoisotopic (exact) mass is 550 g/mol. The van der Waals surface area contributed by atoms with Crippen molar-refractivity contribution in [3.8, 4) is 5.75 Å². The van der Waals surface area contributed by atoms with E-state index in [4.69, 9.17) is 4.74 Å². The van der Waals surface area contributed by atoms with Gasteiger partial charge in [0.05, 0.1) is 6.20 Å². The van der Waals surface area contributed by atoms with Crippen LogP contribution in [0.25, 0.3) is 0 Å². The molecule has 39 heavy (non-hydrogen) atoms. The summed E-state index contributed by atoms with van der Waals surface area (Å²) in [5, 5.41) is 17.8. The first-order chi connectivity index (χ1) is 19.0. The van der Waals surface area contributed by atoms with E-state index >= 15 is 0 Å². The summed E-state index contributed by atoms with van der Waals surface area (Å²) >= 11 is 1.59. The van der Waals surface area contributed by atoms with Crippen molar-refractivity contribution in [3.63, 3.8) is 0 Å². The Morgan fingerprint density at radius 1 is 1.08 bits per heavy atom. The second-order valence-corrected chi connectivity index (χ2v) is 11.4. The number of carbonyl (C=O) groups is 2. The van der Waals surface area contributed by atoms with E-state index in [2.05, 4.69) is 42.7 Å². The summed E-state index contributed by atoms with van der Waals surface area (Å²) in [7, 11) is 0. The summed E-state index contributed by atoms with van der Waals surface area (Å²) in [5.41, 5.74) is 1.78. The first-order valence-corrected chi connectivity index (χ1v) is 14.4. The van der Waals surface area contributed by atoms with Crippen LogP contribution >= 0.6 is 11.8 Å². The predicted molar refractivity (Wildman–Crippen MR) is 148 cm³/mol. The van der Waals surface area contributed by atoms with Crippen LogP contribution in [-0.2, 0) is 6.54 Å². The number of pyridine rings is 1. The van der Waals surface area contributed by atoms with E-state index in [0.29, 0.717) is 46.5 Å². The van der Waals surface area contributed by atoms with Gasteiger partial charge >= 0.3 is 6.09 Å². The van der Waals surface area contributed by atoms with Crippen LogP contribution in [0.3, 0.4) is 0 Å². The van der Waals surface area contributed by atoms with E-state index in [1.54, 1.807) is 28.8 Å². The molecule has 1 unspecified atom stereocenters. The number of benzene rings is 1. The number of rotatable bonds is 8. The maximum absolute atomic E-state index is 12.7. The lowest BCUT2D eigenvalue weighted by atomic mass is 9.94. The molecule has 2 aromatic heterocycles. The molecule has 4 heterocycles. The van der Waals surface area contributed by atoms with Crippen LogP contribution in [-0.4, -0.2) is 78.8 Å². The minimum absolute atomic E-state index is 0.230. The fourth-order valence-electron chi connectivity index (χ4n) is 5.02. The lowest BCUT2D eigenvalue weighted by Gasteiger charge is -2.33. The van der Waals surface area contributed by atoms with Crippen LogP contribution in [0.1, 0.15) is 54.9 Å². The molecule has 12 heteroatoms. The molecule has 0 saturated carbocycles. The van der Waals surface area contributed by atoms with Gasteiger partial charge in [-0.15, -0.1) is 10.2 Å². The average molecular weight is 551 g/mol. The van der Waals surface area contributed by atoms with E-state index in [1.165, 1.54) is 31.0 Å². The molecular weight excluding hydrogens is 516 g/mol. The Hall–Kier alpha value is -3.51. The molecule has 2 N–H and O–H groups in total. The molecule has 11 nitrogen and oxygen atoms in total. The minimum Gasteiger partial charge on any atom is -0.409 e. The number of likely N-dealkylation sites (tertiary alicyclic amines) is 2. The molecular formula is C27H34N8O3S. The van der Waals surface area contributed by atoms with Gasteiger partial charge in [-0.1, -0.05) is 37.2 Å². The van der Waals surface area contributed by atoms with Crippen molar-refractivity contribution >= 4 is 29.6 Å². The molecule has 2 aliphatic rings. The molecule has 5 rings (SSSR count). The van der Waals surface area contributed by atoms with Crippen molar-refractivity contribution in [1.82, 2.24) is 35.4 Å². The number of thioether (sulfide) groups is 1. The summed E-state index contributed by atoms with van der Waals surface area (Å²) in [6.07, 6.45) is 6.64. The highest BCUT2D eigenvalue weighted by Crippen LogP contribution is 2.31. The van der Waals surface area contributed by atoms with Gasteiger partial charge in [0.15, 0.2) is 5.75 Å². The highest BCUT2D eigenvalue weighted by Gasteiger charge is 2.28. The fourth-order valence-corrected chi connectivity index (χ4v) is 6.00. The molecule has 1 atom stereocenters. The fraction of sp³-hybridized carbons (Fsp3) is 0.481. The Balaban J connectivity index is 1.06. The van der Waals surface area contributed by atoms with Crippen molar-refractivity contribution < 1.29 is 14.3 Å². The zero-order valence-corrected chi connectivity index (χ0v) is 22.9. The highest BCUT2D eigenvalue weighted by atomic mass is 32.2. The Morgan fingerprint density at radius 2 is 1.85 bits per heavy atom. The average Bonchev–Trinajstić information content (AvgIpc) is 3.48. The number of aromatic nitrogens is 5. The summed E-state index contributed by atoms with van der Waals surface area (Å²) < 4.78 is 5.53. The molecule has 0 bridgehead atoms. The van der Waals surface area contributed by atoms with Crippen molar-refractivity contribution in [3.05, 3.63) is 53.7 Å². The van der Waals surface area contributed by atoms with E-state index < -0.39 is 6.09 Å². The van der Waals surface area contributed by atoms with Crippen LogP contribution in [0, 0.1) is 5.92 Å². The number of H-pyrrole nitrogens is 1. The highest BCUT2D eigenvalue weighted by molar-refractivity contribution is 7.99. The third kappa shape index (κ3) is 7.54. The third-order valence-corrected chi connectivity index (χ3v) is 8.47. The lowest BCUT2D eigenvalue weighted by Crippen LogP contribution is -2.41. The zero-order chi connectivity index (χ0) is 27.0. The molecule has 2 aliphatic heterocycles. The SMILES string of the molecule is CC(Sc1nn[nH]n1)C1CCN(C(=O)Oc2ccc(NC(=O)c3ccc(CN4CCCCC4)cc3)nc2)CC1. The number of aromatic amines is 1. The van der Waals surface area contributed by atoms with Gasteiger partial charge in [0, 0.05) is 30.4 Å². The molecule has 2 fully saturated rings. The van der Waals surface area contributed by atoms with Crippen molar-refractivity contribution in [2.75, 3.05) is 31.5 Å². The van der Waals surface area contributed by atoms with Gasteiger partial charge in [0.2, 0.25) is 5.16 Å². The second-order valence-electron chi connectivity index (χ2n) is 10.1. The van der Waals surface area contributed by atoms with Crippen molar-refractivity contribution in [2.45, 2.75) is 56.0 Å². The van der Waals surface area contributed by atoms with Gasteiger partial charge in [0.25, 0.3) is 5.91 Å². The number of hydrogen-bond donors (Lipinski definition) is 2. The largest absolute Gasteiger partial charge is 0.415 e. The predicted octanol–water partition coefficient (Wildman–Crippen LogP) is 4.22. The Bertz CT molecular complexity index is 1210. The van der Waals surface area contributed by atoms with Crippen LogP contribution in [0.5, 0.6) is 5.75 Å². The lowest BCUT2D eigenvalue weighted by molar-refractivity contribution is 0.102. The number of hydrogen-bond acceptors (Lipinski definition) is 9. The zero-order valence-electron chi connectivity index (χ0n) is 22.1. The number of anilines is 1. The van der Waals surface area contributed by atoms with Crippen molar-refractivity contribution in [2.24, 2.45) is 5.92 Å². The quantitative estimate of drug-likeness (QED) is 0.396. The van der Waals surface area contributed by atoms with Crippen molar-refractivity contribution in [1.29, 1.82) is 0 Å². The number of carbonyl (C=O) groups excluding carboxylic acids is 2. The third-order valence-electron chi connectivity index (χ3n) is 7.33. The Labute approximate surface area is 232 Å². The van der Waals surface area contributed by atoms with E-state index in [9.17, 15) is 9.59 Å². The summed E-state index contributed by atoms with van der Waals surface area (Å²) in [5.74, 6) is 0.952. The van der Waals surface area contributed by atoms with Crippen LogP contribution in [0.4, 0.5) is 10.6 Å². The Kier molecular flexibility index (Phi) is 9.04. The summed E-state index contributed by atoms with van der Waals surface area (Å²) in [6.45, 7) is 6.59. The van der Waals surface area contributed by atoms with E-state index in [1.807, 2.05) is 24.3 Å². The number of amides is 2. The van der Waals surface area contributed by atoms with Gasteiger partial charge < -0.3 is 15.0 Å². The van der Waals surface area contributed by atoms with Gasteiger partial charge in [-0.05, 0) is 79.7 Å². The van der Waals surface area contributed by atoms with Gasteiger partial charge in [-0.25, -0.2) is 9.78 Å². The maximum atomic E-state index is 12.7. The minimum atomic E-state index is -0.393. The van der Waals surface area contributed by atoms with Crippen LogP contribution < -0.4 is 10.1 Å². The molecule has 206 valence electrons. The molecule has 2 saturated heterocycles. The summed E-state index contributed by atoms with van der Waals surface area (Å²) in [4.78, 5) is 33.8. The second kappa shape index (κ2) is 13.0. The van der Waals surface area contributed by atoms with Gasteiger partial charge in [-0.2, -0.15) is 5.21 Å². The molecule has 0 aliphatic carbocycles. The number of nitrogens with zero attached hydrogens (tertiary/aromatic N) is 6. The smallest absolute Gasteiger partial charge is 0.409 e. The molecule has 2 amide bonds. The first kappa shape index (κ1) is 27.1. The van der Waals surface area contributed by atoms with Crippen LogP contribution in [0.2, 0.25) is 0 Å². The molecule has 1 aromatic carbocycles. The first-order valence-electron chi connectivity index (χ1n) is 13.5.